The van der Waals surface area contributed by atoms with Crippen molar-refractivity contribution in [2.75, 3.05) is 13.1 Å². The van der Waals surface area contributed by atoms with Crippen LogP contribution in [-0.4, -0.2) is 34.7 Å². The molecule has 0 fully saturated rings. The molecule has 0 saturated carbocycles. The Balaban J connectivity index is 1.20. The molecule has 75 heavy (non-hydrogen) atoms. The third kappa shape index (κ3) is 17.7. The Morgan fingerprint density at radius 3 is 0.947 bits per heavy atom. The van der Waals surface area contributed by atoms with Gasteiger partial charge in [0.05, 0.1) is 32.3 Å². The van der Waals surface area contributed by atoms with Crippen LogP contribution in [0.15, 0.2) is 82.6 Å². The van der Waals surface area contributed by atoms with Gasteiger partial charge in [0.15, 0.2) is 0 Å². The van der Waals surface area contributed by atoms with E-state index in [1.54, 1.807) is 34.0 Å². The zero-order valence-corrected chi connectivity index (χ0v) is 51.0. The Morgan fingerprint density at radius 1 is 0.333 bits per heavy atom. The molecule has 2 unspecified atom stereocenters. The van der Waals surface area contributed by atoms with Crippen LogP contribution in [0.2, 0.25) is 0 Å². The second kappa shape index (κ2) is 33.4. The van der Waals surface area contributed by atoms with Gasteiger partial charge in [0, 0.05) is 42.4 Å². The van der Waals surface area contributed by atoms with Gasteiger partial charge in [0.2, 0.25) is 0 Å². The molecule has 2 amide bonds. The van der Waals surface area contributed by atoms with Gasteiger partial charge in [-0.3, -0.25) is 9.59 Å². The molecule has 0 radical (unpaired) electrons. The Morgan fingerprint density at radius 2 is 0.613 bits per heavy atom. The fraction of sp³-hybridized carbons (Fsp3) is 0.606. The fourth-order valence-corrected chi connectivity index (χ4v) is 16.5. The zero-order chi connectivity index (χ0) is 52.5. The Bertz CT molecular complexity index is 2450. The van der Waals surface area contributed by atoms with Crippen LogP contribution in [-0.2, 0) is 9.59 Å². The molecule has 0 bridgehead atoms. The lowest BCUT2D eigenvalue weighted by molar-refractivity contribution is -0.124. The minimum atomic E-state index is 0.0475. The molecule has 0 aromatic carbocycles. The average molecular weight is 1110 g/mol. The van der Waals surface area contributed by atoms with E-state index >= 15 is 9.59 Å². The van der Waals surface area contributed by atoms with Crippen molar-refractivity contribution in [1.29, 1.82) is 0 Å². The number of rotatable bonds is 41. The first-order valence-corrected chi connectivity index (χ1v) is 34.7. The van der Waals surface area contributed by atoms with Gasteiger partial charge < -0.3 is 9.80 Å². The highest BCUT2D eigenvalue weighted by Crippen LogP contribution is 2.51. The molecule has 0 saturated heterocycles. The first-order valence-electron chi connectivity index (χ1n) is 30.5. The van der Waals surface area contributed by atoms with Crippen LogP contribution in [0, 0.1) is 11.8 Å². The zero-order valence-electron chi connectivity index (χ0n) is 46.9. The van der Waals surface area contributed by atoms with Crippen molar-refractivity contribution in [1.82, 2.24) is 9.80 Å². The lowest BCUT2D eigenvalue weighted by Gasteiger charge is -2.29. The van der Waals surface area contributed by atoms with Gasteiger partial charge in [-0.2, -0.15) is 0 Å². The van der Waals surface area contributed by atoms with E-state index in [1.807, 2.05) is 22.7 Å². The molecule has 0 spiro atoms. The summed E-state index contributed by atoms with van der Waals surface area (Å²) in [6.07, 6.45) is 40.8. The van der Waals surface area contributed by atoms with E-state index < -0.39 is 0 Å². The maximum Gasteiger partial charge on any atom is 0.261 e. The highest BCUT2D eigenvalue weighted by Gasteiger charge is 2.50. The Kier molecular flexibility index (Phi) is 26.5. The van der Waals surface area contributed by atoms with Gasteiger partial charge >= 0.3 is 0 Å². The van der Waals surface area contributed by atoms with Crippen molar-refractivity contribution in [2.45, 2.75) is 233 Å². The minimum absolute atomic E-state index is 0.0475. The van der Waals surface area contributed by atoms with Crippen LogP contribution in [0.4, 0.5) is 0 Å². The average Bonchev–Trinajstić information content (AvgIpc) is 4.29. The number of carbonyl (C=O) groups excluding carboxylic acids is 2. The maximum absolute atomic E-state index is 15.8. The Hall–Kier alpha value is -3.08. The summed E-state index contributed by atoms with van der Waals surface area (Å²) >= 11 is 8.95. The number of carbonyl (C=O) groups is 2. The molecular weight excluding hydrogens is 1010 g/mol. The van der Waals surface area contributed by atoms with Crippen LogP contribution >= 0.6 is 56.7 Å². The summed E-state index contributed by atoms with van der Waals surface area (Å²) in [6.45, 7) is 10.6. The molecule has 9 heteroatoms. The molecule has 7 heterocycles. The summed E-state index contributed by atoms with van der Waals surface area (Å²) in [5, 5.41) is 4.28. The SMILES string of the molecule is CCCCCCCCCCC(CCCCCCCC)CN1C(=O)C2=C(c3ccc(-c4ccc(-c5ccc(-c6cccs6)s5)s4)s3)N(CC(CCCCCCCC)CCCCCCCCCC)C(=O)C2=C1c1cccs1. The van der Waals surface area contributed by atoms with Gasteiger partial charge in [0.25, 0.3) is 11.8 Å². The smallest absolute Gasteiger partial charge is 0.261 e. The molecular formula is C66H94N2O2S5. The number of nitrogens with zero attached hydrogens (tertiary/aromatic N) is 2. The highest BCUT2D eigenvalue weighted by molar-refractivity contribution is 7.28. The number of amides is 2. The van der Waals surface area contributed by atoms with E-state index in [0.717, 1.165) is 46.8 Å². The lowest BCUT2D eigenvalue weighted by atomic mass is 9.93. The first-order chi connectivity index (χ1) is 36.9. The van der Waals surface area contributed by atoms with Gasteiger partial charge in [-0.1, -0.05) is 220 Å². The van der Waals surface area contributed by atoms with Gasteiger partial charge in [-0.15, -0.1) is 56.7 Å². The number of hydrogen-bond acceptors (Lipinski definition) is 7. The standard InChI is InChI=1S/C66H94N2O2S5/c1-5-9-13-17-21-23-27-31-37-51(35-29-25-19-15-11-7-3)49-67-63(59-40-34-48-72-59)61-62(66(67)70)64(60-46-45-58(75-60)57-44-43-56(74-57)55-42-41-54(73-55)53-39-33-47-71-53)68(65(61)69)50-52(36-30-26-20-16-12-8-4)38-32-28-24-22-18-14-10-6-2/h33-34,39-48,51-52H,5-32,35-38,49-50H2,1-4H3. The number of fused-ring (bicyclic) bond motifs is 1. The third-order valence-electron chi connectivity index (χ3n) is 16.0. The molecule has 2 aliphatic heterocycles. The van der Waals surface area contributed by atoms with Crippen molar-refractivity contribution in [3.63, 3.8) is 0 Å². The number of unbranched alkanes of at least 4 members (excludes halogenated alkanes) is 24. The molecule has 0 aliphatic carbocycles. The van der Waals surface area contributed by atoms with Gasteiger partial charge in [-0.05, 0) is 96.8 Å². The van der Waals surface area contributed by atoms with Crippen LogP contribution in [0.25, 0.3) is 40.7 Å². The number of hydrogen-bond donors (Lipinski definition) is 0. The predicted octanol–water partition coefficient (Wildman–Crippen LogP) is 22.6. The van der Waals surface area contributed by atoms with Crippen LogP contribution < -0.4 is 0 Å². The van der Waals surface area contributed by atoms with Crippen molar-refractivity contribution >= 4 is 79.9 Å². The van der Waals surface area contributed by atoms with E-state index in [9.17, 15) is 0 Å². The monoisotopic (exact) mass is 1110 g/mol. The van der Waals surface area contributed by atoms with Crippen molar-refractivity contribution < 1.29 is 9.59 Å². The highest BCUT2D eigenvalue weighted by atomic mass is 32.1. The minimum Gasteiger partial charge on any atom is -0.306 e. The molecule has 7 rings (SSSR count). The summed E-state index contributed by atoms with van der Waals surface area (Å²) in [4.78, 5) is 45.5. The fourth-order valence-electron chi connectivity index (χ4n) is 11.6. The molecule has 2 atom stereocenters. The van der Waals surface area contributed by atoms with E-state index in [2.05, 4.69) is 109 Å². The summed E-state index contributed by atoms with van der Waals surface area (Å²) in [5.41, 5.74) is 3.09. The van der Waals surface area contributed by atoms with E-state index in [4.69, 9.17) is 0 Å². The molecule has 2 aliphatic rings. The molecule has 410 valence electrons. The third-order valence-corrected chi connectivity index (χ3v) is 21.6. The summed E-state index contributed by atoms with van der Waals surface area (Å²) in [5.74, 6) is 0.894. The summed E-state index contributed by atoms with van der Waals surface area (Å²) in [6, 6.07) is 22.2. The van der Waals surface area contributed by atoms with Gasteiger partial charge in [0.1, 0.15) is 0 Å². The molecule has 5 aromatic rings. The molecule has 5 aromatic heterocycles. The van der Waals surface area contributed by atoms with Crippen LogP contribution in [0.1, 0.15) is 243 Å². The van der Waals surface area contributed by atoms with Crippen LogP contribution in [0.5, 0.6) is 0 Å². The topological polar surface area (TPSA) is 40.6 Å². The molecule has 0 N–H and O–H groups in total. The summed E-state index contributed by atoms with van der Waals surface area (Å²) < 4.78 is 0. The van der Waals surface area contributed by atoms with Gasteiger partial charge in [-0.25, -0.2) is 0 Å². The lowest BCUT2D eigenvalue weighted by Crippen LogP contribution is -2.34. The first kappa shape index (κ1) is 59.6. The number of thiophene rings is 5. The Labute approximate surface area is 475 Å². The normalized spacial score (nSPS) is 14.7. The largest absolute Gasteiger partial charge is 0.306 e. The molecule has 4 nitrogen and oxygen atoms in total. The van der Waals surface area contributed by atoms with E-state index in [-0.39, 0.29) is 11.8 Å². The van der Waals surface area contributed by atoms with E-state index in [1.165, 1.54) is 209 Å². The predicted molar refractivity (Wildman–Crippen MR) is 333 cm³/mol. The van der Waals surface area contributed by atoms with E-state index in [0.29, 0.717) is 36.1 Å². The quantitative estimate of drug-likeness (QED) is 0.0366. The second-order valence-electron chi connectivity index (χ2n) is 22.1. The van der Waals surface area contributed by atoms with Crippen molar-refractivity contribution in [3.8, 4) is 29.3 Å². The van der Waals surface area contributed by atoms with Crippen LogP contribution in [0.3, 0.4) is 0 Å². The summed E-state index contributed by atoms with van der Waals surface area (Å²) in [7, 11) is 0. The van der Waals surface area contributed by atoms with Crippen molar-refractivity contribution in [2.24, 2.45) is 11.8 Å². The second-order valence-corrected chi connectivity index (χ2v) is 27.2. The van der Waals surface area contributed by atoms with Crippen molar-refractivity contribution in [3.05, 3.63) is 92.3 Å². The maximum atomic E-state index is 15.8.